The average Bonchev–Trinajstić information content (AvgIpc) is 3.26. The van der Waals surface area contributed by atoms with Gasteiger partial charge in [0.15, 0.2) is 0 Å². The van der Waals surface area contributed by atoms with Crippen LogP contribution in [-0.2, 0) is 22.0 Å². The van der Waals surface area contributed by atoms with Crippen molar-refractivity contribution >= 4 is 33.0 Å². The monoisotopic (exact) mass is 398 g/mol. The van der Waals surface area contributed by atoms with Crippen LogP contribution in [0.25, 0.3) is 0 Å². The Hall–Kier alpha value is -1.11. The molecule has 0 bridgehead atoms. The highest BCUT2D eigenvalue weighted by atomic mass is 35.5. The van der Waals surface area contributed by atoms with Crippen LogP contribution in [0.4, 0.5) is 0 Å². The zero-order valence-corrected chi connectivity index (χ0v) is 17.3. The molecule has 0 radical (unpaired) electrons. The third-order valence-corrected chi connectivity index (χ3v) is 7.54. The minimum Gasteiger partial charge on any atom is -0.320 e. The normalized spacial score (nSPS) is 16.4. The molecule has 7 heteroatoms. The van der Waals surface area contributed by atoms with Crippen LogP contribution < -0.4 is 4.80 Å². The minimum atomic E-state index is -3.76. The molecular weight excluding hydrogens is 376 g/mol. The van der Waals surface area contributed by atoms with Crippen LogP contribution in [-0.4, -0.2) is 13.0 Å². The van der Waals surface area contributed by atoms with E-state index in [1.807, 2.05) is 0 Å². The standard InChI is InChI=1S/C18H23ClN2O2S2/c1-12-16(18(2,3)4)24-17(21(12)11-13-5-6-13)20-25(22,23)15-9-7-14(19)8-10-15/h7-10,13H,5-6,11H2,1-4H3. The molecule has 0 amide bonds. The second-order valence-electron chi connectivity index (χ2n) is 7.62. The van der Waals surface area contributed by atoms with E-state index in [-0.39, 0.29) is 10.3 Å². The van der Waals surface area contributed by atoms with E-state index in [0.29, 0.717) is 15.7 Å². The summed E-state index contributed by atoms with van der Waals surface area (Å²) in [5.41, 5.74) is 1.08. The van der Waals surface area contributed by atoms with Crippen molar-refractivity contribution < 1.29 is 8.42 Å². The zero-order valence-electron chi connectivity index (χ0n) is 14.9. The van der Waals surface area contributed by atoms with Gasteiger partial charge in [-0.2, -0.15) is 8.42 Å². The highest BCUT2D eigenvalue weighted by molar-refractivity contribution is 7.90. The number of thiazole rings is 1. The molecule has 0 saturated heterocycles. The van der Waals surface area contributed by atoms with E-state index in [4.69, 9.17) is 11.6 Å². The summed E-state index contributed by atoms with van der Waals surface area (Å²) >= 11 is 7.34. The fraction of sp³-hybridized carbons (Fsp3) is 0.500. The Labute approximate surface area is 158 Å². The summed E-state index contributed by atoms with van der Waals surface area (Å²) in [5.74, 6) is 0.637. The molecule has 1 aliphatic rings. The lowest BCUT2D eigenvalue weighted by Gasteiger charge is -2.17. The van der Waals surface area contributed by atoms with Gasteiger partial charge in [0.2, 0.25) is 4.80 Å². The fourth-order valence-electron chi connectivity index (χ4n) is 2.79. The molecule has 25 heavy (non-hydrogen) atoms. The number of aromatic nitrogens is 1. The molecule has 2 aromatic rings. The maximum atomic E-state index is 12.7. The third-order valence-electron chi connectivity index (χ3n) is 4.29. The van der Waals surface area contributed by atoms with Gasteiger partial charge in [-0.15, -0.1) is 15.7 Å². The van der Waals surface area contributed by atoms with Crippen LogP contribution in [0.3, 0.4) is 0 Å². The number of benzene rings is 1. The van der Waals surface area contributed by atoms with Crippen molar-refractivity contribution in [3.63, 3.8) is 0 Å². The maximum absolute atomic E-state index is 12.7. The van der Waals surface area contributed by atoms with Crippen molar-refractivity contribution in [3.8, 4) is 0 Å². The van der Waals surface area contributed by atoms with Crippen LogP contribution in [0.1, 0.15) is 44.2 Å². The first-order valence-corrected chi connectivity index (χ1v) is 11.0. The molecule has 1 aromatic carbocycles. The molecule has 0 aliphatic heterocycles. The first kappa shape index (κ1) is 18.7. The number of rotatable bonds is 4. The predicted molar refractivity (Wildman–Crippen MR) is 103 cm³/mol. The molecule has 1 aromatic heterocycles. The summed E-state index contributed by atoms with van der Waals surface area (Å²) < 4.78 is 31.7. The quantitative estimate of drug-likeness (QED) is 0.760. The molecule has 136 valence electrons. The van der Waals surface area contributed by atoms with E-state index >= 15 is 0 Å². The number of hydrogen-bond donors (Lipinski definition) is 0. The fourth-order valence-corrected chi connectivity index (χ4v) is 5.31. The number of hydrogen-bond acceptors (Lipinski definition) is 3. The topological polar surface area (TPSA) is 51.4 Å². The van der Waals surface area contributed by atoms with Gasteiger partial charge in [0, 0.05) is 22.1 Å². The average molecular weight is 399 g/mol. The molecule has 0 atom stereocenters. The second-order valence-corrected chi connectivity index (χ2v) is 10.6. The molecule has 1 aliphatic carbocycles. The lowest BCUT2D eigenvalue weighted by atomic mass is 9.93. The van der Waals surface area contributed by atoms with Crippen molar-refractivity contribution in [1.82, 2.24) is 4.57 Å². The van der Waals surface area contributed by atoms with Gasteiger partial charge in [-0.05, 0) is 55.4 Å². The Morgan fingerprint density at radius 1 is 1.24 bits per heavy atom. The van der Waals surface area contributed by atoms with Crippen molar-refractivity contribution in [2.24, 2.45) is 10.3 Å². The lowest BCUT2D eigenvalue weighted by molar-refractivity contribution is 0.562. The highest BCUT2D eigenvalue weighted by Gasteiger charge is 2.27. The van der Waals surface area contributed by atoms with E-state index in [9.17, 15) is 8.42 Å². The molecule has 1 fully saturated rings. The molecular formula is C18H23ClN2O2S2. The maximum Gasteiger partial charge on any atom is 0.285 e. The summed E-state index contributed by atoms with van der Waals surface area (Å²) in [6.45, 7) is 9.33. The van der Waals surface area contributed by atoms with E-state index < -0.39 is 10.0 Å². The molecule has 0 N–H and O–H groups in total. The number of sulfonamides is 1. The van der Waals surface area contributed by atoms with Crippen LogP contribution in [0.15, 0.2) is 33.6 Å². The largest absolute Gasteiger partial charge is 0.320 e. The van der Waals surface area contributed by atoms with Crippen LogP contribution in [0.5, 0.6) is 0 Å². The molecule has 0 spiro atoms. The van der Waals surface area contributed by atoms with Gasteiger partial charge in [-0.1, -0.05) is 32.4 Å². The van der Waals surface area contributed by atoms with E-state index in [1.54, 1.807) is 12.1 Å². The van der Waals surface area contributed by atoms with Gasteiger partial charge in [0.05, 0.1) is 4.90 Å². The van der Waals surface area contributed by atoms with E-state index in [1.165, 1.54) is 41.2 Å². The second kappa shape index (κ2) is 6.56. The summed E-state index contributed by atoms with van der Waals surface area (Å²) in [6.07, 6.45) is 2.41. The first-order chi connectivity index (χ1) is 11.6. The van der Waals surface area contributed by atoms with Crippen LogP contribution in [0, 0.1) is 12.8 Å². The van der Waals surface area contributed by atoms with Crippen molar-refractivity contribution in [3.05, 3.63) is 44.7 Å². The summed E-state index contributed by atoms with van der Waals surface area (Å²) in [4.78, 5) is 1.90. The minimum absolute atomic E-state index is 0.0438. The Bertz CT molecular complexity index is 944. The molecule has 4 nitrogen and oxygen atoms in total. The van der Waals surface area contributed by atoms with Crippen molar-refractivity contribution in [2.75, 3.05) is 0 Å². The molecule has 1 heterocycles. The summed E-state index contributed by atoms with van der Waals surface area (Å²) in [6, 6.07) is 6.14. The Kier molecular flexibility index (Phi) is 4.90. The van der Waals surface area contributed by atoms with Gasteiger partial charge >= 0.3 is 0 Å². The van der Waals surface area contributed by atoms with Crippen LogP contribution >= 0.6 is 22.9 Å². The first-order valence-electron chi connectivity index (χ1n) is 8.35. The smallest absolute Gasteiger partial charge is 0.285 e. The van der Waals surface area contributed by atoms with Gasteiger partial charge in [-0.25, -0.2) is 0 Å². The SMILES string of the molecule is Cc1c(C(C)(C)C)sc(=NS(=O)(=O)c2ccc(Cl)cc2)n1CC1CC1. The van der Waals surface area contributed by atoms with Crippen molar-refractivity contribution in [2.45, 2.75) is 57.4 Å². The van der Waals surface area contributed by atoms with Gasteiger partial charge < -0.3 is 4.57 Å². The molecule has 3 rings (SSSR count). The van der Waals surface area contributed by atoms with Crippen molar-refractivity contribution in [1.29, 1.82) is 0 Å². The predicted octanol–water partition coefficient (Wildman–Crippen LogP) is 4.51. The lowest BCUT2D eigenvalue weighted by Crippen LogP contribution is -2.20. The van der Waals surface area contributed by atoms with Gasteiger partial charge in [-0.3, -0.25) is 0 Å². The van der Waals surface area contributed by atoms with Crippen LogP contribution in [0.2, 0.25) is 5.02 Å². The van der Waals surface area contributed by atoms with Gasteiger partial charge in [0.1, 0.15) is 0 Å². The Balaban J connectivity index is 2.14. The van der Waals surface area contributed by atoms with E-state index in [0.717, 1.165) is 12.2 Å². The third kappa shape index (κ3) is 4.18. The summed E-state index contributed by atoms with van der Waals surface area (Å²) in [5, 5.41) is 0.504. The molecule has 0 unspecified atom stereocenters. The number of halogens is 1. The Morgan fingerprint density at radius 2 is 1.84 bits per heavy atom. The van der Waals surface area contributed by atoms with E-state index in [2.05, 4.69) is 36.7 Å². The van der Waals surface area contributed by atoms with Gasteiger partial charge in [0.25, 0.3) is 10.0 Å². The Morgan fingerprint density at radius 3 is 2.36 bits per heavy atom. The summed E-state index contributed by atoms with van der Waals surface area (Å²) in [7, 11) is -3.76. The molecule has 1 saturated carbocycles. The number of nitrogens with zero attached hydrogens (tertiary/aromatic N) is 2. The highest BCUT2D eigenvalue weighted by Crippen LogP contribution is 2.33. The zero-order chi connectivity index (χ0) is 18.4.